The Morgan fingerprint density at radius 2 is 1.86 bits per heavy atom. The van der Waals surface area contributed by atoms with Gasteiger partial charge in [-0.05, 0) is 18.6 Å². The van der Waals surface area contributed by atoms with Crippen molar-refractivity contribution in [2.75, 3.05) is 11.9 Å². The quantitative estimate of drug-likeness (QED) is 0.652. The first-order valence-electron chi connectivity index (χ1n) is 6.11. The van der Waals surface area contributed by atoms with Crippen molar-refractivity contribution in [1.29, 1.82) is 15.8 Å². The number of nitrogens with zero attached hydrogens (tertiary/aromatic N) is 3. The molecule has 0 bridgehead atoms. The number of nitrogens with one attached hydrogen (secondary N) is 1. The molecule has 21 heavy (non-hydrogen) atoms. The molecule has 0 aliphatic carbocycles. The lowest BCUT2D eigenvalue weighted by Gasteiger charge is -2.10. The highest BCUT2D eigenvalue weighted by Gasteiger charge is 2.11. The van der Waals surface area contributed by atoms with Crippen LogP contribution in [0.25, 0.3) is 0 Å². The first-order valence-corrected chi connectivity index (χ1v) is 6.11. The molecule has 0 aliphatic heterocycles. The molecular formula is C15H12N4O2. The Morgan fingerprint density at radius 1 is 1.19 bits per heavy atom. The fourth-order valence-corrected chi connectivity index (χ4v) is 1.58. The average Bonchev–Trinajstić information content (AvgIpc) is 2.49. The zero-order valence-corrected chi connectivity index (χ0v) is 11.4. The maximum Gasteiger partial charge on any atom is 0.310 e. The van der Waals surface area contributed by atoms with Gasteiger partial charge in [0, 0.05) is 5.69 Å². The second-order valence-corrected chi connectivity index (χ2v) is 3.85. The molecule has 1 N–H and O–H groups in total. The maximum absolute atomic E-state index is 11.5. The van der Waals surface area contributed by atoms with E-state index >= 15 is 0 Å². The summed E-state index contributed by atoms with van der Waals surface area (Å²) in [6, 6.07) is 11.9. The Balaban J connectivity index is 3.08. The van der Waals surface area contributed by atoms with Gasteiger partial charge >= 0.3 is 5.97 Å². The molecule has 0 aliphatic rings. The highest BCUT2D eigenvalue weighted by atomic mass is 16.5. The first kappa shape index (κ1) is 15.8. The molecule has 1 aromatic rings. The van der Waals surface area contributed by atoms with Gasteiger partial charge in [0.1, 0.15) is 23.9 Å². The summed E-state index contributed by atoms with van der Waals surface area (Å²) in [7, 11) is 0. The fraction of sp³-hybridized carbons (Fsp3) is 0.200. The van der Waals surface area contributed by atoms with Gasteiger partial charge in [0.15, 0.2) is 5.57 Å². The molecule has 0 unspecified atom stereocenters. The molecule has 1 aromatic carbocycles. The standard InChI is InChI=1S/C15H12N4O2/c1-2-21-15(20)7-11-5-3-4-6-13(11)19-14(10-18)12(8-16)9-17/h3-6,19H,2,7H2,1H3. The zero-order chi connectivity index (χ0) is 15.7. The van der Waals surface area contributed by atoms with Crippen LogP contribution >= 0.6 is 0 Å². The van der Waals surface area contributed by atoms with Crippen LogP contribution in [0.3, 0.4) is 0 Å². The Labute approximate surface area is 122 Å². The molecule has 0 fully saturated rings. The van der Waals surface area contributed by atoms with E-state index in [1.54, 1.807) is 49.4 Å². The Morgan fingerprint density at radius 3 is 2.43 bits per heavy atom. The lowest BCUT2D eigenvalue weighted by molar-refractivity contribution is -0.142. The van der Waals surface area contributed by atoms with Crippen molar-refractivity contribution in [2.45, 2.75) is 13.3 Å². The number of rotatable bonds is 5. The number of allylic oxidation sites excluding steroid dienone is 2. The smallest absolute Gasteiger partial charge is 0.310 e. The summed E-state index contributed by atoms with van der Waals surface area (Å²) in [4.78, 5) is 11.5. The van der Waals surface area contributed by atoms with Gasteiger partial charge in [-0.2, -0.15) is 15.8 Å². The number of carbonyl (C=O) groups is 1. The molecule has 6 nitrogen and oxygen atoms in total. The normalized spacial score (nSPS) is 8.67. The van der Waals surface area contributed by atoms with Crippen LogP contribution in [0, 0.1) is 34.0 Å². The zero-order valence-electron chi connectivity index (χ0n) is 11.4. The van der Waals surface area contributed by atoms with E-state index in [9.17, 15) is 4.79 Å². The molecule has 0 atom stereocenters. The maximum atomic E-state index is 11.5. The van der Waals surface area contributed by atoms with Crippen molar-refractivity contribution in [2.24, 2.45) is 0 Å². The van der Waals surface area contributed by atoms with Crippen LogP contribution in [0.15, 0.2) is 35.5 Å². The third-order valence-corrected chi connectivity index (χ3v) is 2.50. The van der Waals surface area contributed by atoms with Crippen LogP contribution in [0.4, 0.5) is 5.69 Å². The SMILES string of the molecule is CCOC(=O)Cc1ccccc1NC(C#N)=C(C#N)C#N. The van der Waals surface area contributed by atoms with Gasteiger partial charge in [-0.15, -0.1) is 0 Å². The molecule has 0 saturated heterocycles. The lowest BCUT2D eigenvalue weighted by Crippen LogP contribution is -2.10. The van der Waals surface area contributed by atoms with Gasteiger partial charge in [-0.3, -0.25) is 4.79 Å². The average molecular weight is 280 g/mol. The van der Waals surface area contributed by atoms with Crippen LogP contribution in [0.1, 0.15) is 12.5 Å². The number of nitriles is 3. The number of ether oxygens (including phenoxy) is 1. The van der Waals surface area contributed by atoms with Crippen molar-refractivity contribution in [1.82, 2.24) is 0 Å². The number of hydrogen-bond donors (Lipinski definition) is 1. The second kappa shape index (κ2) is 7.99. The van der Waals surface area contributed by atoms with E-state index in [0.29, 0.717) is 11.3 Å². The Bertz CT molecular complexity index is 671. The Hall–Kier alpha value is -3.30. The molecule has 0 spiro atoms. The molecule has 0 saturated carbocycles. The molecular weight excluding hydrogens is 268 g/mol. The first-order chi connectivity index (χ1) is 10.2. The summed E-state index contributed by atoms with van der Waals surface area (Å²) in [5.41, 5.74) is 0.615. The highest BCUT2D eigenvalue weighted by Crippen LogP contribution is 2.19. The monoisotopic (exact) mass is 280 g/mol. The Kier molecular flexibility index (Phi) is 5.99. The predicted molar refractivity (Wildman–Crippen MR) is 74.3 cm³/mol. The molecule has 1 rings (SSSR count). The van der Waals surface area contributed by atoms with E-state index in [1.807, 2.05) is 0 Å². The van der Waals surface area contributed by atoms with Crippen molar-refractivity contribution >= 4 is 11.7 Å². The van der Waals surface area contributed by atoms with Crippen molar-refractivity contribution in [3.8, 4) is 18.2 Å². The van der Waals surface area contributed by atoms with Gasteiger partial charge in [0.25, 0.3) is 0 Å². The van der Waals surface area contributed by atoms with E-state index < -0.39 is 5.97 Å². The lowest BCUT2D eigenvalue weighted by atomic mass is 10.1. The number of hydrogen-bond acceptors (Lipinski definition) is 6. The van der Waals surface area contributed by atoms with Crippen molar-refractivity contribution < 1.29 is 9.53 Å². The van der Waals surface area contributed by atoms with Gasteiger partial charge in [0.2, 0.25) is 0 Å². The number of carbonyl (C=O) groups excluding carboxylic acids is 1. The van der Waals surface area contributed by atoms with Crippen molar-refractivity contribution in [3.63, 3.8) is 0 Å². The van der Waals surface area contributed by atoms with Gasteiger partial charge in [-0.1, -0.05) is 18.2 Å². The summed E-state index contributed by atoms with van der Waals surface area (Å²) in [6.45, 7) is 2.00. The second-order valence-electron chi connectivity index (χ2n) is 3.85. The van der Waals surface area contributed by atoms with E-state index in [2.05, 4.69) is 5.32 Å². The van der Waals surface area contributed by atoms with E-state index in [4.69, 9.17) is 20.5 Å². The predicted octanol–water partition coefficient (Wildman–Crippen LogP) is 2.03. The number of para-hydroxylation sites is 1. The van der Waals surface area contributed by atoms with Crippen LogP contribution in [-0.2, 0) is 16.0 Å². The van der Waals surface area contributed by atoms with E-state index in [0.717, 1.165) is 0 Å². The number of anilines is 1. The minimum Gasteiger partial charge on any atom is -0.466 e. The summed E-state index contributed by atoms with van der Waals surface area (Å²) in [5.74, 6) is -0.393. The summed E-state index contributed by atoms with van der Waals surface area (Å²) in [5, 5.41) is 29.3. The van der Waals surface area contributed by atoms with Crippen LogP contribution in [0.2, 0.25) is 0 Å². The topological polar surface area (TPSA) is 110 Å². The molecule has 0 amide bonds. The summed E-state index contributed by atoms with van der Waals surface area (Å²) in [6.07, 6.45) is 0.0319. The van der Waals surface area contributed by atoms with E-state index in [1.165, 1.54) is 0 Å². The highest BCUT2D eigenvalue weighted by molar-refractivity contribution is 5.76. The summed E-state index contributed by atoms with van der Waals surface area (Å²) < 4.78 is 4.87. The summed E-state index contributed by atoms with van der Waals surface area (Å²) >= 11 is 0. The van der Waals surface area contributed by atoms with Crippen molar-refractivity contribution in [3.05, 3.63) is 41.1 Å². The van der Waals surface area contributed by atoms with Gasteiger partial charge in [0.05, 0.1) is 13.0 Å². The third-order valence-electron chi connectivity index (χ3n) is 2.50. The van der Waals surface area contributed by atoms with E-state index in [-0.39, 0.29) is 24.3 Å². The van der Waals surface area contributed by atoms with Crippen LogP contribution in [-0.4, -0.2) is 12.6 Å². The third kappa shape index (κ3) is 4.38. The molecule has 0 aromatic heterocycles. The van der Waals surface area contributed by atoms with Gasteiger partial charge in [-0.25, -0.2) is 0 Å². The number of benzene rings is 1. The number of esters is 1. The molecule has 104 valence electrons. The van der Waals surface area contributed by atoms with Gasteiger partial charge < -0.3 is 10.1 Å². The molecule has 0 radical (unpaired) electrons. The van der Waals surface area contributed by atoms with Crippen LogP contribution in [0.5, 0.6) is 0 Å². The molecule has 6 heteroatoms. The largest absolute Gasteiger partial charge is 0.466 e. The fourth-order valence-electron chi connectivity index (χ4n) is 1.58. The van der Waals surface area contributed by atoms with Crippen LogP contribution < -0.4 is 5.32 Å². The minimum absolute atomic E-state index is 0.0319. The molecule has 0 heterocycles. The minimum atomic E-state index is -0.393.